The first-order valence-electron chi connectivity index (χ1n) is 5.72. The van der Waals surface area contributed by atoms with Crippen LogP contribution in [0.1, 0.15) is 5.56 Å². The van der Waals surface area contributed by atoms with E-state index >= 15 is 0 Å². The van der Waals surface area contributed by atoms with Crippen molar-refractivity contribution in [2.45, 2.75) is 0 Å². The van der Waals surface area contributed by atoms with E-state index in [1.54, 1.807) is 24.3 Å². The Kier molecular flexibility index (Phi) is 2.74. The summed E-state index contributed by atoms with van der Waals surface area (Å²) in [4.78, 5) is 5.79. The number of fused-ring (bicyclic) bond motifs is 1. The van der Waals surface area contributed by atoms with Gasteiger partial charge in [-0.3, -0.25) is 0 Å². The highest BCUT2D eigenvalue weighted by molar-refractivity contribution is 5.73. The Morgan fingerprint density at radius 2 is 1.79 bits per heavy atom. The third-order valence-corrected chi connectivity index (χ3v) is 2.82. The Bertz CT molecular complexity index is 716. The molecule has 94 valence electrons. The average Bonchev–Trinajstić information content (AvgIpc) is 2.90. The molecule has 1 aromatic heterocycles. The third kappa shape index (κ3) is 1.96. The standard InChI is InChI=1S/C14H11N3O2/c1-2-10-7-8-14(19-18)13(9-10)17-15-11-5-3-4-6-12(11)16-17/h2-9,18H,1H2. The molecule has 0 bridgehead atoms. The zero-order chi connectivity index (χ0) is 13.2. The first kappa shape index (κ1) is 11.4. The van der Waals surface area contributed by atoms with Crippen LogP contribution in [-0.2, 0) is 0 Å². The van der Waals surface area contributed by atoms with Crippen LogP contribution < -0.4 is 4.89 Å². The molecule has 0 atom stereocenters. The van der Waals surface area contributed by atoms with Crippen molar-refractivity contribution in [1.82, 2.24) is 15.0 Å². The van der Waals surface area contributed by atoms with Crippen molar-refractivity contribution >= 4 is 17.1 Å². The van der Waals surface area contributed by atoms with Gasteiger partial charge in [0, 0.05) is 0 Å². The van der Waals surface area contributed by atoms with Crippen LogP contribution in [0.25, 0.3) is 22.8 Å². The highest BCUT2D eigenvalue weighted by atomic mass is 17.1. The first-order valence-corrected chi connectivity index (χ1v) is 5.72. The highest BCUT2D eigenvalue weighted by Crippen LogP contribution is 2.24. The van der Waals surface area contributed by atoms with E-state index in [1.807, 2.05) is 24.3 Å². The third-order valence-electron chi connectivity index (χ3n) is 2.82. The summed E-state index contributed by atoms with van der Waals surface area (Å²) >= 11 is 0. The van der Waals surface area contributed by atoms with Crippen molar-refractivity contribution in [2.24, 2.45) is 0 Å². The van der Waals surface area contributed by atoms with Gasteiger partial charge in [0.25, 0.3) is 0 Å². The van der Waals surface area contributed by atoms with Gasteiger partial charge in [0.05, 0.1) is 0 Å². The van der Waals surface area contributed by atoms with Gasteiger partial charge in [-0.25, -0.2) is 5.26 Å². The second-order valence-corrected chi connectivity index (χ2v) is 4.00. The van der Waals surface area contributed by atoms with Crippen molar-refractivity contribution in [3.63, 3.8) is 0 Å². The monoisotopic (exact) mass is 253 g/mol. The van der Waals surface area contributed by atoms with Crippen LogP contribution in [0.4, 0.5) is 0 Å². The molecule has 0 saturated carbocycles. The van der Waals surface area contributed by atoms with Crippen LogP contribution in [0.5, 0.6) is 5.75 Å². The molecule has 19 heavy (non-hydrogen) atoms. The zero-order valence-corrected chi connectivity index (χ0v) is 10.0. The maximum Gasteiger partial charge on any atom is 0.192 e. The van der Waals surface area contributed by atoms with Gasteiger partial charge in [-0.2, -0.15) is 0 Å². The molecule has 0 aliphatic heterocycles. The lowest BCUT2D eigenvalue weighted by atomic mass is 10.2. The molecule has 1 N–H and O–H groups in total. The van der Waals surface area contributed by atoms with E-state index in [0.29, 0.717) is 5.69 Å². The van der Waals surface area contributed by atoms with E-state index in [-0.39, 0.29) is 5.75 Å². The molecule has 2 aromatic carbocycles. The average molecular weight is 253 g/mol. The van der Waals surface area contributed by atoms with E-state index in [9.17, 15) is 0 Å². The summed E-state index contributed by atoms with van der Waals surface area (Å²) in [5.41, 5.74) is 2.99. The molecule has 3 rings (SSSR count). The second-order valence-electron chi connectivity index (χ2n) is 4.00. The quantitative estimate of drug-likeness (QED) is 0.576. The maximum absolute atomic E-state index is 8.92. The number of rotatable bonds is 3. The van der Waals surface area contributed by atoms with E-state index in [1.165, 1.54) is 4.80 Å². The molecule has 5 nitrogen and oxygen atoms in total. The summed E-state index contributed by atoms with van der Waals surface area (Å²) in [6.45, 7) is 3.71. The lowest BCUT2D eigenvalue weighted by molar-refractivity contribution is -0.137. The minimum Gasteiger partial charge on any atom is -0.338 e. The van der Waals surface area contributed by atoms with Gasteiger partial charge >= 0.3 is 0 Å². The Labute approximate surface area is 109 Å². The second kappa shape index (κ2) is 4.55. The van der Waals surface area contributed by atoms with Crippen LogP contribution in [0.15, 0.2) is 49.0 Å². The topological polar surface area (TPSA) is 60.2 Å². The number of aromatic nitrogens is 3. The van der Waals surface area contributed by atoms with Crippen molar-refractivity contribution in [3.8, 4) is 11.4 Å². The largest absolute Gasteiger partial charge is 0.338 e. The van der Waals surface area contributed by atoms with Crippen molar-refractivity contribution in [1.29, 1.82) is 0 Å². The van der Waals surface area contributed by atoms with E-state index < -0.39 is 0 Å². The smallest absolute Gasteiger partial charge is 0.192 e. The highest BCUT2D eigenvalue weighted by Gasteiger charge is 2.10. The van der Waals surface area contributed by atoms with Crippen LogP contribution in [-0.4, -0.2) is 20.3 Å². The van der Waals surface area contributed by atoms with Crippen LogP contribution in [0, 0.1) is 0 Å². The molecule has 0 fully saturated rings. The minimum absolute atomic E-state index is 0.283. The van der Waals surface area contributed by atoms with Gasteiger partial charge in [-0.1, -0.05) is 30.9 Å². The normalized spacial score (nSPS) is 10.6. The summed E-state index contributed by atoms with van der Waals surface area (Å²) in [5, 5.41) is 17.6. The van der Waals surface area contributed by atoms with Crippen LogP contribution >= 0.6 is 0 Å². The Morgan fingerprint density at radius 3 is 2.37 bits per heavy atom. The lowest BCUT2D eigenvalue weighted by Gasteiger charge is -2.05. The van der Waals surface area contributed by atoms with Gasteiger partial charge in [0.2, 0.25) is 0 Å². The summed E-state index contributed by atoms with van der Waals surface area (Å²) in [6.07, 6.45) is 1.70. The van der Waals surface area contributed by atoms with Gasteiger partial charge in [-0.05, 0) is 29.8 Å². The van der Waals surface area contributed by atoms with E-state index in [2.05, 4.69) is 21.7 Å². The molecular formula is C14H11N3O2. The van der Waals surface area contributed by atoms with Gasteiger partial charge in [0.1, 0.15) is 16.7 Å². The number of nitrogens with zero attached hydrogens (tertiary/aromatic N) is 3. The molecule has 3 aromatic rings. The van der Waals surface area contributed by atoms with Gasteiger partial charge in [0.15, 0.2) is 5.75 Å². The maximum atomic E-state index is 8.92. The number of hydrogen-bond acceptors (Lipinski definition) is 4. The fourth-order valence-corrected chi connectivity index (χ4v) is 1.86. The van der Waals surface area contributed by atoms with Crippen LogP contribution in [0.2, 0.25) is 0 Å². The van der Waals surface area contributed by atoms with E-state index in [0.717, 1.165) is 16.6 Å². The summed E-state index contributed by atoms with van der Waals surface area (Å²) < 4.78 is 0. The summed E-state index contributed by atoms with van der Waals surface area (Å²) in [6, 6.07) is 12.7. The predicted molar refractivity (Wildman–Crippen MR) is 72.2 cm³/mol. The predicted octanol–water partition coefficient (Wildman–Crippen LogP) is 2.92. The molecule has 1 heterocycles. The first-order chi connectivity index (χ1) is 9.31. The Balaban J connectivity index is 2.21. The van der Waals surface area contributed by atoms with Gasteiger partial charge in [-0.15, -0.1) is 15.0 Å². The summed E-state index contributed by atoms with van der Waals surface area (Å²) in [7, 11) is 0. The molecule has 0 spiro atoms. The zero-order valence-electron chi connectivity index (χ0n) is 10.0. The molecule has 0 saturated heterocycles. The number of hydrogen-bond donors (Lipinski definition) is 1. The minimum atomic E-state index is 0.283. The molecule has 0 radical (unpaired) electrons. The van der Waals surface area contributed by atoms with Gasteiger partial charge < -0.3 is 4.89 Å². The molecule has 0 unspecified atom stereocenters. The van der Waals surface area contributed by atoms with Crippen LogP contribution in [0.3, 0.4) is 0 Å². The Hall–Kier alpha value is -2.66. The van der Waals surface area contributed by atoms with Crippen molar-refractivity contribution < 1.29 is 10.1 Å². The lowest BCUT2D eigenvalue weighted by Crippen LogP contribution is -2.02. The number of benzene rings is 2. The van der Waals surface area contributed by atoms with Crippen molar-refractivity contribution in [3.05, 3.63) is 54.6 Å². The molecule has 0 aliphatic carbocycles. The summed E-state index contributed by atoms with van der Waals surface area (Å²) in [5.74, 6) is 0.283. The molecular weight excluding hydrogens is 242 g/mol. The fourth-order valence-electron chi connectivity index (χ4n) is 1.86. The van der Waals surface area contributed by atoms with E-state index in [4.69, 9.17) is 5.26 Å². The molecule has 0 amide bonds. The SMILES string of the molecule is C=Cc1ccc(OO)c(-n2nc3ccccc3n2)c1. The Morgan fingerprint density at radius 1 is 1.11 bits per heavy atom. The fraction of sp³-hybridized carbons (Fsp3) is 0. The molecule has 5 heteroatoms. The molecule has 0 aliphatic rings. The van der Waals surface area contributed by atoms with Crippen molar-refractivity contribution in [2.75, 3.05) is 0 Å².